The fourth-order valence-corrected chi connectivity index (χ4v) is 1.80. The van der Waals surface area contributed by atoms with Crippen molar-refractivity contribution in [2.45, 2.75) is 13.0 Å². The van der Waals surface area contributed by atoms with Crippen LogP contribution in [-0.4, -0.2) is 46.6 Å². The molecule has 2 rings (SSSR count). The van der Waals surface area contributed by atoms with Gasteiger partial charge in [-0.15, -0.1) is 0 Å². The summed E-state index contributed by atoms with van der Waals surface area (Å²) in [5, 5.41) is 5.78. The highest BCUT2D eigenvalue weighted by Crippen LogP contribution is 2.16. The molecule has 0 aliphatic heterocycles. The quantitative estimate of drug-likeness (QED) is 0.311. The molecule has 0 bridgehead atoms. The maximum absolute atomic E-state index is 11.9. The summed E-state index contributed by atoms with van der Waals surface area (Å²) >= 11 is 0. The van der Waals surface area contributed by atoms with E-state index in [1.165, 1.54) is 0 Å². The Morgan fingerprint density at radius 1 is 1.57 bits per heavy atom. The molecule has 0 aliphatic rings. The number of nitrogens with two attached hydrogens (primary N) is 1. The Kier molecular flexibility index (Phi) is 4.90. The lowest BCUT2D eigenvalue weighted by molar-refractivity contribution is -0.121. The fraction of sp³-hybridized carbons (Fsp3) is 0.417. The monoisotopic (exact) mass is 293 g/mol. The normalized spacial score (nSPS) is 12.1. The molecule has 0 saturated heterocycles. The average Bonchev–Trinajstić information content (AvgIpc) is 2.95. The molecule has 0 radical (unpaired) electrons. The highest BCUT2D eigenvalue weighted by molar-refractivity contribution is 5.85. The molecule has 0 saturated carbocycles. The van der Waals surface area contributed by atoms with Crippen LogP contribution in [0.25, 0.3) is 5.65 Å². The zero-order chi connectivity index (χ0) is 15.2. The summed E-state index contributed by atoms with van der Waals surface area (Å²) in [6.07, 6.45) is 5.12. The number of carbonyl (C=O) groups is 1. The first-order valence-corrected chi connectivity index (χ1v) is 6.49. The van der Waals surface area contributed by atoms with Crippen LogP contribution < -0.4 is 21.9 Å². The summed E-state index contributed by atoms with van der Waals surface area (Å²) in [5.74, 6) is 6.18. The first kappa shape index (κ1) is 15.0. The molecule has 9 nitrogen and oxygen atoms in total. The van der Waals surface area contributed by atoms with Gasteiger partial charge in [-0.1, -0.05) is 0 Å². The molecule has 2 aromatic heterocycles. The Bertz CT molecular complexity index is 613. The van der Waals surface area contributed by atoms with Gasteiger partial charge in [-0.25, -0.2) is 15.8 Å². The molecule has 1 unspecified atom stereocenters. The van der Waals surface area contributed by atoms with Gasteiger partial charge in [-0.05, 0) is 6.92 Å². The van der Waals surface area contributed by atoms with Crippen LogP contribution in [0.15, 0.2) is 18.6 Å². The summed E-state index contributed by atoms with van der Waals surface area (Å²) in [5.41, 5.74) is 3.09. The number of hydrogen-bond acceptors (Lipinski definition) is 7. The van der Waals surface area contributed by atoms with E-state index in [1.807, 2.05) is 0 Å². The standard InChI is InChI=1S/C12H19N7O2/c1-8(12(20)15-4-6-21-2)16-10-11-14-3-5-19(11)7-9(17-10)18-13/h3,5,7-8,18H,4,6,13H2,1-2H3,(H,15,20)(H,16,17). The number of amides is 1. The third kappa shape index (κ3) is 3.58. The SMILES string of the molecule is COCCNC(=O)C(C)Nc1nc(NN)cn2ccnc12. The van der Waals surface area contributed by atoms with Crippen LogP contribution in [0.2, 0.25) is 0 Å². The second kappa shape index (κ2) is 6.86. The molecule has 2 aromatic rings. The predicted molar refractivity (Wildman–Crippen MR) is 78.8 cm³/mol. The van der Waals surface area contributed by atoms with Crippen molar-refractivity contribution >= 4 is 23.2 Å². The number of hydrogen-bond donors (Lipinski definition) is 4. The maximum atomic E-state index is 11.9. The molecular weight excluding hydrogens is 274 g/mol. The minimum absolute atomic E-state index is 0.148. The third-order valence-corrected chi connectivity index (χ3v) is 2.87. The lowest BCUT2D eigenvalue weighted by Crippen LogP contribution is -2.39. The number of nitrogen functional groups attached to an aromatic ring is 1. The van der Waals surface area contributed by atoms with E-state index < -0.39 is 6.04 Å². The van der Waals surface area contributed by atoms with E-state index in [1.54, 1.807) is 37.0 Å². The molecule has 0 spiro atoms. The number of rotatable bonds is 7. The number of nitrogens with zero attached hydrogens (tertiary/aromatic N) is 3. The van der Waals surface area contributed by atoms with E-state index in [0.717, 1.165) is 0 Å². The summed E-state index contributed by atoms with van der Waals surface area (Å²) < 4.78 is 6.65. The van der Waals surface area contributed by atoms with Gasteiger partial charge in [0.1, 0.15) is 6.04 Å². The molecule has 2 heterocycles. The number of carbonyl (C=O) groups excluding carboxylic acids is 1. The molecule has 21 heavy (non-hydrogen) atoms. The zero-order valence-electron chi connectivity index (χ0n) is 12.0. The fourth-order valence-electron chi connectivity index (χ4n) is 1.80. The summed E-state index contributed by atoms with van der Waals surface area (Å²) in [6, 6.07) is -0.470. The predicted octanol–water partition coefficient (Wildman–Crippen LogP) is -0.422. The lowest BCUT2D eigenvalue weighted by Gasteiger charge is -2.15. The van der Waals surface area contributed by atoms with Crippen LogP contribution in [0.1, 0.15) is 6.92 Å². The van der Waals surface area contributed by atoms with Gasteiger partial charge in [-0.2, -0.15) is 0 Å². The van der Waals surface area contributed by atoms with Crippen LogP contribution >= 0.6 is 0 Å². The second-order valence-corrected chi connectivity index (χ2v) is 4.43. The van der Waals surface area contributed by atoms with Gasteiger partial charge in [0.05, 0.1) is 12.8 Å². The maximum Gasteiger partial charge on any atom is 0.242 e. The molecule has 1 atom stereocenters. The molecule has 0 fully saturated rings. The molecule has 0 aromatic carbocycles. The van der Waals surface area contributed by atoms with Gasteiger partial charge in [-0.3, -0.25) is 4.79 Å². The van der Waals surface area contributed by atoms with E-state index >= 15 is 0 Å². The van der Waals surface area contributed by atoms with Crippen LogP contribution in [0.3, 0.4) is 0 Å². The highest BCUT2D eigenvalue weighted by Gasteiger charge is 2.15. The van der Waals surface area contributed by atoms with Crippen LogP contribution in [0.4, 0.5) is 11.6 Å². The largest absolute Gasteiger partial charge is 0.383 e. The van der Waals surface area contributed by atoms with Crippen molar-refractivity contribution in [1.82, 2.24) is 19.7 Å². The van der Waals surface area contributed by atoms with Crippen molar-refractivity contribution < 1.29 is 9.53 Å². The lowest BCUT2D eigenvalue weighted by atomic mass is 10.3. The van der Waals surface area contributed by atoms with Crippen molar-refractivity contribution in [2.24, 2.45) is 5.84 Å². The van der Waals surface area contributed by atoms with Gasteiger partial charge in [0.15, 0.2) is 17.3 Å². The van der Waals surface area contributed by atoms with Crippen molar-refractivity contribution in [3.8, 4) is 0 Å². The smallest absolute Gasteiger partial charge is 0.242 e. The third-order valence-electron chi connectivity index (χ3n) is 2.87. The van der Waals surface area contributed by atoms with E-state index in [2.05, 4.69) is 26.0 Å². The Labute approximate surface area is 121 Å². The Morgan fingerprint density at radius 2 is 2.38 bits per heavy atom. The van der Waals surface area contributed by atoms with Crippen molar-refractivity contribution in [2.75, 3.05) is 31.0 Å². The zero-order valence-corrected chi connectivity index (χ0v) is 12.0. The molecule has 1 amide bonds. The Morgan fingerprint density at radius 3 is 3.10 bits per heavy atom. The average molecular weight is 293 g/mol. The van der Waals surface area contributed by atoms with Gasteiger partial charge in [0.25, 0.3) is 0 Å². The van der Waals surface area contributed by atoms with Gasteiger partial charge >= 0.3 is 0 Å². The van der Waals surface area contributed by atoms with E-state index in [-0.39, 0.29) is 5.91 Å². The number of hydrazine groups is 1. The van der Waals surface area contributed by atoms with E-state index in [4.69, 9.17) is 10.6 Å². The molecule has 0 aliphatic carbocycles. The van der Waals surface area contributed by atoms with Crippen molar-refractivity contribution in [3.05, 3.63) is 18.6 Å². The number of anilines is 2. The minimum Gasteiger partial charge on any atom is -0.383 e. The molecule has 114 valence electrons. The Balaban J connectivity index is 2.11. The summed E-state index contributed by atoms with van der Waals surface area (Å²) in [6.45, 7) is 2.66. The Hall–Kier alpha value is -2.39. The van der Waals surface area contributed by atoms with Crippen molar-refractivity contribution in [3.63, 3.8) is 0 Å². The molecule has 5 N–H and O–H groups in total. The second-order valence-electron chi connectivity index (χ2n) is 4.43. The highest BCUT2D eigenvalue weighted by atomic mass is 16.5. The van der Waals surface area contributed by atoms with Crippen LogP contribution in [0.5, 0.6) is 0 Å². The van der Waals surface area contributed by atoms with E-state index in [0.29, 0.717) is 30.4 Å². The van der Waals surface area contributed by atoms with Crippen molar-refractivity contribution in [1.29, 1.82) is 0 Å². The number of ether oxygens (including phenoxy) is 1. The molecule has 9 heteroatoms. The topological polar surface area (TPSA) is 119 Å². The number of nitrogens with one attached hydrogen (secondary N) is 3. The number of fused-ring (bicyclic) bond motifs is 1. The van der Waals surface area contributed by atoms with Crippen LogP contribution in [-0.2, 0) is 9.53 Å². The number of imidazole rings is 1. The van der Waals surface area contributed by atoms with Crippen LogP contribution in [0, 0.1) is 0 Å². The first-order chi connectivity index (χ1) is 10.2. The number of methoxy groups -OCH3 is 1. The summed E-state index contributed by atoms with van der Waals surface area (Å²) in [4.78, 5) is 20.4. The number of aromatic nitrogens is 3. The first-order valence-electron chi connectivity index (χ1n) is 6.49. The van der Waals surface area contributed by atoms with Gasteiger partial charge in [0, 0.05) is 26.0 Å². The van der Waals surface area contributed by atoms with Gasteiger partial charge < -0.3 is 25.2 Å². The minimum atomic E-state index is -0.470. The summed E-state index contributed by atoms with van der Waals surface area (Å²) in [7, 11) is 1.58. The van der Waals surface area contributed by atoms with Gasteiger partial charge in [0.2, 0.25) is 5.91 Å². The molecular formula is C12H19N7O2. The van der Waals surface area contributed by atoms with E-state index in [9.17, 15) is 4.79 Å².